The molecule has 1 aromatic heterocycles. The summed E-state index contributed by atoms with van der Waals surface area (Å²) in [4.78, 5) is 4.47. The summed E-state index contributed by atoms with van der Waals surface area (Å²) in [5, 5.41) is 3.27. The molecular formula is C9H16N2S. The Morgan fingerprint density at radius 3 is 2.67 bits per heavy atom. The van der Waals surface area contributed by atoms with Crippen LogP contribution in [-0.2, 0) is 0 Å². The second-order valence-corrected chi connectivity index (χ2v) is 4.10. The van der Waals surface area contributed by atoms with E-state index in [0.29, 0.717) is 5.92 Å². The molecule has 0 fully saturated rings. The standard InChI is InChI=1S/C9H16N2S/c1-4-6(2)9-11-8(5-12-9)7(3)10/h5-7H,4,10H2,1-3H3. The zero-order valence-electron chi connectivity index (χ0n) is 7.87. The molecule has 1 rings (SSSR count). The molecule has 68 valence electrons. The van der Waals surface area contributed by atoms with Gasteiger partial charge >= 0.3 is 0 Å². The SMILES string of the molecule is CCC(C)c1nc(C(C)N)cs1. The van der Waals surface area contributed by atoms with Gasteiger partial charge in [-0.25, -0.2) is 4.98 Å². The molecule has 0 radical (unpaired) electrons. The zero-order chi connectivity index (χ0) is 9.14. The quantitative estimate of drug-likeness (QED) is 0.784. The van der Waals surface area contributed by atoms with E-state index >= 15 is 0 Å². The molecule has 0 saturated carbocycles. The Kier molecular flexibility index (Phi) is 3.23. The second-order valence-electron chi connectivity index (χ2n) is 3.21. The van der Waals surface area contributed by atoms with Crippen molar-refractivity contribution in [1.82, 2.24) is 4.98 Å². The van der Waals surface area contributed by atoms with Crippen LogP contribution in [0.15, 0.2) is 5.38 Å². The summed E-state index contributed by atoms with van der Waals surface area (Å²) in [6, 6.07) is 0.0686. The normalized spacial score (nSPS) is 16.0. The summed E-state index contributed by atoms with van der Waals surface area (Å²) in [5.74, 6) is 0.572. The van der Waals surface area contributed by atoms with Gasteiger partial charge in [0.2, 0.25) is 0 Å². The first-order chi connectivity index (χ1) is 5.65. The second kappa shape index (κ2) is 4.01. The Morgan fingerprint density at radius 1 is 1.58 bits per heavy atom. The first kappa shape index (κ1) is 9.68. The summed E-state index contributed by atoms with van der Waals surface area (Å²) in [6.45, 7) is 6.34. The highest BCUT2D eigenvalue weighted by Crippen LogP contribution is 2.24. The van der Waals surface area contributed by atoms with E-state index < -0.39 is 0 Å². The average molecular weight is 184 g/mol. The van der Waals surface area contributed by atoms with Crippen molar-refractivity contribution in [2.45, 2.75) is 39.2 Å². The van der Waals surface area contributed by atoms with E-state index in [0.717, 1.165) is 12.1 Å². The fourth-order valence-corrected chi connectivity index (χ4v) is 1.98. The molecule has 0 aliphatic rings. The van der Waals surface area contributed by atoms with Gasteiger partial charge in [0, 0.05) is 17.3 Å². The number of nitrogens with zero attached hydrogens (tertiary/aromatic N) is 1. The largest absolute Gasteiger partial charge is 0.323 e. The number of aromatic nitrogens is 1. The molecule has 0 aliphatic carbocycles. The van der Waals surface area contributed by atoms with E-state index in [1.54, 1.807) is 11.3 Å². The number of rotatable bonds is 3. The van der Waals surface area contributed by atoms with Crippen LogP contribution in [0.5, 0.6) is 0 Å². The molecule has 0 saturated heterocycles. The fraction of sp³-hybridized carbons (Fsp3) is 0.667. The van der Waals surface area contributed by atoms with Gasteiger partial charge in [-0.1, -0.05) is 13.8 Å². The molecule has 0 amide bonds. The van der Waals surface area contributed by atoms with Crippen molar-refractivity contribution in [3.63, 3.8) is 0 Å². The highest BCUT2D eigenvalue weighted by atomic mass is 32.1. The van der Waals surface area contributed by atoms with Gasteiger partial charge in [-0.3, -0.25) is 0 Å². The van der Waals surface area contributed by atoms with Crippen molar-refractivity contribution in [2.75, 3.05) is 0 Å². The van der Waals surface area contributed by atoms with Crippen LogP contribution in [-0.4, -0.2) is 4.98 Å². The summed E-state index contributed by atoms with van der Waals surface area (Å²) < 4.78 is 0. The third-order valence-electron chi connectivity index (χ3n) is 2.04. The van der Waals surface area contributed by atoms with Gasteiger partial charge < -0.3 is 5.73 Å². The maximum atomic E-state index is 5.71. The van der Waals surface area contributed by atoms with Gasteiger partial charge in [0.15, 0.2) is 0 Å². The maximum Gasteiger partial charge on any atom is 0.0957 e. The molecule has 1 aromatic rings. The fourth-order valence-electron chi connectivity index (χ4n) is 0.911. The highest BCUT2D eigenvalue weighted by molar-refractivity contribution is 7.09. The molecule has 2 atom stereocenters. The lowest BCUT2D eigenvalue weighted by atomic mass is 10.1. The summed E-state index contributed by atoms with van der Waals surface area (Å²) in [7, 11) is 0. The average Bonchev–Trinajstić information content (AvgIpc) is 2.51. The molecule has 2 unspecified atom stereocenters. The van der Waals surface area contributed by atoms with Crippen LogP contribution in [0, 0.1) is 0 Å². The molecule has 0 aliphatic heterocycles. The van der Waals surface area contributed by atoms with Gasteiger partial charge in [-0.05, 0) is 13.3 Å². The van der Waals surface area contributed by atoms with Gasteiger partial charge in [0.05, 0.1) is 10.7 Å². The molecule has 1 heterocycles. The third-order valence-corrected chi connectivity index (χ3v) is 3.13. The summed E-state index contributed by atoms with van der Waals surface area (Å²) in [6.07, 6.45) is 1.14. The number of hydrogen-bond acceptors (Lipinski definition) is 3. The topological polar surface area (TPSA) is 38.9 Å². The van der Waals surface area contributed by atoms with Crippen LogP contribution < -0.4 is 5.73 Å². The lowest BCUT2D eigenvalue weighted by Crippen LogP contribution is -2.05. The van der Waals surface area contributed by atoms with Crippen LogP contribution in [0.2, 0.25) is 0 Å². The molecule has 2 N–H and O–H groups in total. The van der Waals surface area contributed by atoms with Crippen LogP contribution >= 0.6 is 11.3 Å². The minimum atomic E-state index is 0.0686. The Bertz CT molecular complexity index is 242. The Morgan fingerprint density at radius 2 is 2.25 bits per heavy atom. The van der Waals surface area contributed by atoms with Gasteiger partial charge in [0.25, 0.3) is 0 Å². The Labute approximate surface area is 77.8 Å². The lowest BCUT2D eigenvalue weighted by molar-refractivity contribution is 0.709. The van der Waals surface area contributed by atoms with Crippen molar-refractivity contribution in [1.29, 1.82) is 0 Å². The van der Waals surface area contributed by atoms with Gasteiger partial charge in [-0.15, -0.1) is 11.3 Å². The summed E-state index contributed by atoms with van der Waals surface area (Å²) >= 11 is 1.72. The third kappa shape index (κ3) is 2.05. The monoisotopic (exact) mass is 184 g/mol. The van der Waals surface area contributed by atoms with Crippen LogP contribution in [0.3, 0.4) is 0 Å². The van der Waals surface area contributed by atoms with Crippen LogP contribution in [0.25, 0.3) is 0 Å². The molecule has 0 spiro atoms. The molecule has 0 bridgehead atoms. The number of hydrogen-bond donors (Lipinski definition) is 1. The van der Waals surface area contributed by atoms with E-state index in [2.05, 4.69) is 24.2 Å². The van der Waals surface area contributed by atoms with Crippen LogP contribution in [0.4, 0.5) is 0 Å². The lowest BCUT2D eigenvalue weighted by Gasteiger charge is -2.02. The van der Waals surface area contributed by atoms with E-state index in [4.69, 9.17) is 5.73 Å². The number of nitrogens with two attached hydrogens (primary N) is 1. The molecule has 2 nitrogen and oxygen atoms in total. The minimum absolute atomic E-state index is 0.0686. The van der Waals surface area contributed by atoms with E-state index in [-0.39, 0.29) is 6.04 Å². The molecule has 0 aromatic carbocycles. The van der Waals surface area contributed by atoms with E-state index in [9.17, 15) is 0 Å². The predicted octanol–water partition coefficient (Wildman–Crippen LogP) is 2.68. The van der Waals surface area contributed by atoms with Crippen molar-refractivity contribution in [3.05, 3.63) is 16.1 Å². The van der Waals surface area contributed by atoms with E-state index in [1.165, 1.54) is 5.01 Å². The van der Waals surface area contributed by atoms with Gasteiger partial charge in [0.1, 0.15) is 0 Å². The summed E-state index contributed by atoms with van der Waals surface area (Å²) in [5.41, 5.74) is 6.74. The van der Waals surface area contributed by atoms with Crippen molar-refractivity contribution in [3.8, 4) is 0 Å². The molecular weight excluding hydrogens is 168 g/mol. The maximum absolute atomic E-state index is 5.71. The zero-order valence-corrected chi connectivity index (χ0v) is 8.69. The highest BCUT2D eigenvalue weighted by Gasteiger charge is 2.09. The first-order valence-electron chi connectivity index (χ1n) is 4.36. The van der Waals surface area contributed by atoms with Crippen molar-refractivity contribution >= 4 is 11.3 Å². The first-order valence-corrected chi connectivity index (χ1v) is 5.24. The Balaban J connectivity index is 2.77. The van der Waals surface area contributed by atoms with E-state index in [1.807, 2.05) is 6.92 Å². The Hall–Kier alpha value is -0.410. The molecule has 3 heteroatoms. The molecule has 12 heavy (non-hydrogen) atoms. The predicted molar refractivity (Wildman–Crippen MR) is 53.4 cm³/mol. The van der Waals surface area contributed by atoms with Crippen LogP contribution in [0.1, 0.15) is 49.9 Å². The van der Waals surface area contributed by atoms with Crippen molar-refractivity contribution < 1.29 is 0 Å². The minimum Gasteiger partial charge on any atom is -0.323 e. The number of thiazole rings is 1. The van der Waals surface area contributed by atoms with Gasteiger partial charge in [-0.2, -0.15) is 0 Å². The smallest absolute Gasteiger partial charge is 0.0957 e. The van der Waals surface area contributed by atoms with Crippen molar-refractivity contribution in [2.24, 2.45) is 5.73 Å².